The van der Waals surface area contributed by atoms with Crippen LogP contribution in [0.1, 0.15) is 69.2 Å². The highest BCUT2D eigenvalue weighted by Gasteiger charge is 2.24. The molecule has 112 valence electrons. The maximum atomic E-state index is 3.86. The highest BCUT2D eigenvalue weighted by Crippen LogP contribution is 2.31. The summed E-state index contributed by atoms with van der Waals surface area (Å²) in [7, 11) is 0. The zero-order chi connectivity index (χ0) is 14.7. The smallest absolute Gasteiger partial charge is 0.0297 e. The maximum Gasteiger partial charge on any atom is 0.0297 e. The van der Waals surface area contributed by atoms with Gasteiger partial charge >= 0.3 is 0 Å². The number of hydrogen-bond acceptors (Lipinski definition) is 1. The minimum Gasteiger partial charge on any atom is -0.307 e. The molecule has 0 bridgehead atoms. The van der Waals surface area contributed by atoms with E-state index in [1.54, 1.807) is 0 Å². The van der Waals surface area contributed by atoms with Crippen molar-refractivity contribution in [3.8, 4) is 0 Å². The third-order valence-corrected chi connectivity index (χ3v) is 5.10. The van der Waals surface area contributed by atoms with Crippen molar-refractivity contribution in [3.63, 3.8) is 0 Å². The number of benzene rings is 1. The van der Waals surface area contributed by atoms with Gasteiger partial charge in [-0.3, -0.25) is 0 Å². The lowest BCUT2D eigenvalue weighted by molar-refractivity contribution is 0.231. The van der Waals surface area contributed by atoms with Crippen LogP contribution >= 0.6 is 0 Å². The number of aryl methyl sites for hydroxylation is 2. The molecule has 0 radical (unpaired) electrons. The molecule has 1 fully saturated rings. The van der Waals surface area contributed by atoms with Crippen LogP contribution in [0.2, 0.25) is 0 Å². The van der Waals surface area contributed by atoms with Gasteiger partial charge in [0.25, 0.3) is 0 Å². The lowest BCUT2D eigenvalue weighted by Gasteiger charge is -2.33. The average molecular weight is 273 g/mol. The van der Waals surface area contributed by atoms with Gasteiger partial charge in [-0.25, -0.2) is 0 Å². The highest BCUT2D eigenvalue weighted by molar-refractivity contribution is 5.32. The van der Waals surface area contributed by atoms with Gasteiger partial charge < -0.3 is 5.32 Å². The molecule has 1 heteroatoms. The van der Waals surface area contributed by atoms with Crippen molar-refractivity contribution in [3.05, 3.63) is 34.9 Å². The molecule has 1 N–H and O–H groups in total. The second kappa shape index (κ2) is 6.76. The van der Waals surface area contributed by atoms with Crippen LogP contribution < -0.4 is 5.32 Å². The third-order valence-electron chi connectivity index (χ3n) is 5.10. The topological polar surface area (TPSA) is 12.0 Å². The van der Waals surface area contributed by atoms with Crippen molar-refractivity contribution < 1.29 is 0 Å². The molecule has 20 heavy (non-hydrogen) atoms. The molecule has 0 heterocycles. The molecule has 0 spiro atoms. The van der Waals surface area contributed by atoms with Gasteiger partial charge in [-0.1, -0.05) is 37.6 Å². The van der Waals surface area contributed by atoms with Crippen LogP contribution in [0.5, 0.6) is 0 Å². The van der Waals surface area contributed by atoms with E-state index in [0.717, 1.165) is 11.8 Å². The Morgan fingerprint density at radius 2 is 1.65 bits per heavy atom. The molecule has 1 aliphatic carbocycles. The van der Waals surface area contributed by atoms with Crippen molar-refractivity contribution in [2.45, 2.75) is 72.4 Å². The molecule has 0 aromatic heterocycles. The van der Waals surface area contributed by atoms with Gasteiger partial charge in [-0.15, -0.1) is 0 Å². The van der Waals surface area contributed by atoms with E-state index >= 15 is 0 Å². The van der Waals surface area contributed by atoms with E-state index in [-0.39, 0.29) is 0 Å². The molecule has 0 saturated heterocycles. The lowest BCUT2D eigenvalue weighted by atomic mass is 9.79. The van der Waals surface area contributed by atoms with E-state index in [9.17, 15) is 0 Å². The molecule has 0 amide bonds. The summed E-state index contributed by atoms with van der Waals surface area (Å²) in [6.45, 7) is 11.5. The first-order valence-electron chi connectivity index (χ1n) is 8.30. The molecule has 1 saturated carbocycles. The zero-order valence-corrected chi connectivity index (χ0v) is 13.9. The summed E-state index contributed by atoms with van der Waals surface area (Å²) in [4.78, 5) is 0. The number of rotatable bonds is 4. The van der Waals surface area contributed by atoms with E-state index < -0.39 is 0 Å². The Bertz CT molecular complexity index is 427. The minimum absolute atomic E-state index is 0.468. The van der Waals surface area contributed by atoms with Crippen LogP contribution in [0, 0.1) is 25.7 Å². The first kappa shape index (κ1) is 15.6. The standard InChI is InChI=1S/C19H31N/c1-13(2)17-8-10-18(11-9-17)20-16(5)19-12-14(3)6-7-15(19)4/h6-7,12-13,16-18,20H,8-11H2,1-5H3. The minimum atomic E-state index is 0.468. The average Bonchev–Trinajstić information content (AvgIpc) is 2.42. The van der Waals surface area contributed by atoms with Gasteiger partial charge in [0.15, 0.2) is 0 Å². The fourth-order valence-corrected chi connectivity index (χ4v) is 3.62. The van der Waals surface area contributed by atoms with Gasteiger partial charge in [-0.05, 0) is 69.4 Å². The molecule has 1 aromatic rings. The van der Waals surface area contributed by atoms with Gasteiger partial charge in [-0.2, -0.15) is 0 Å². The Morgan fingerprint density at radius 1 is 1.00 bits per heavy atom. The van der Waals surface area contributed by atoms with Crippen molar-refractivity contribution in [1.82, 2.24) is 5.32 Å². The highest BCUT2D eigenvalue weighted by atomic mass is 14.9. The quantitative estimate of drug-likeness (QED) is 0.798. The Balaban J connectivity index is 1.92. The normalized spacial score (nSPS) is 24.9. The summed E-state index contributed by atoms with van der Waals surface area (Å²) in [5.41, 5.74) is 4.24. The van der Waals surface area contributed by atoms with E-state index in [4.69, 9.17) is 0 Å². The number of hydrogen-bond donors (Lipinski definition) is 1. The zero-order valence-electron chi connectivity index (χ0n) is 13.9. The number of nitrogens with one attached hydrogen (secondary N) is 1. The SMILES string of the molecule is Cc1ccc(C)c(C(C)NC2CCC(C(C)C)CC2)c1. The molecule has 0 aliphatic heterocycles. The third kappa shape index (κ3) is 3.85. The second-order valence-electron chi connectivity index (χ2n) is 7.10. The van der Waals surface area contributed by atoms with Gasteiger partial charge in [0, 0.05) is 12.1 Å². The van der Waals surface area contributed by atoms with E-state index in [0.29, 0.717) is 12.1 Å². The molecule has 1 aromatic carbocycles. The summed E-state index contributed by atoms with van der Waals surface area (Å²) in [6, 6.07) is 7.97. The summed E-state index contributed by atoms with van der Waals surface area (Å²) >= 11 is 0. The summed E-state index contributed by atoms with van der Waals surface area (Å²) in [5, 5.41) is 3.86. The molecule has 1 unspecified atom stereocenters. The van der Waals surface area contributed by atoms with Crippen molar-refractivity contribution in [2.24, 2.45) is 11.8 Å². The van der Waals surface area contributed by atoms with Crippen LogP contribution in [-0.2, 0) is 0 Å². The predicted octanol–water partition coefficient (Wildman–Crippen LogP) is 5.17. The largest absolute Gasteiger partial charge is 0.307 e. The maximum absolute atomic E-state index is 3.86. The van der Waals surface area contributed by atoms with E-state index in [1.807, 2.05) is 0 Å². The monoisotopic (exact) mass is 273 g/mol. The fraction of sp³-hybridized carbons (Fsp3) is 0.684. The Kier molecular flexibility index (Phi) is 5.26. The van der Waals surface area contributed by atoms with Crippen molar-refractivity contribution in [1.29, 1.82) is 0 Å². The van der Waals surface area contributed by atoms with Crippen LogP contribution in [0.3, 0.4) is 0 Å². The van der Waals surface area contributed by atoms with Gasteiger partial charge in [0.1, 0.15) is 0 Å². The lowest BCUT2D eigenvalue weighted by Crippen LogP contribution is -2.36. The molecule has 1 nitrogen and oxygen atoms in total. The van der Waals surface area contributed by atoms with Gasteiger partial charge in [0.2, 0.25) is 0 Å². The van der Waals surface area contributed by atoms with Crippen molar-refractivity contribution >= 4 is 0 Å². The van der Waals surface area contributed by atoms with Crippen LogP contribution in [0.25, 0.3) is 0 Å². The van der Waals surface area contributed by atoms with Crippen LogP contribution in [0.15, 0.2) is 18.2 Å². The predicted molar refractivity (Wildman–Crippen MR) is 88.1 cm³/mol. The summed E-state index contributed by atoms with van der Waals surface area (Å²) in [5.74, 6) is 1.80. The summed E-state index contributed by atoms with van der Waals surface area (Å²) < 4.78 is 0. The van der Waals surface area contributed by atoms with E-state index in [1.165, 1.54) is 42.4 Å². The Labute approximate surface area is 125 Å². The molecule has 2 rings (SSSR count). The second-order valence-corrected chi connectivity index (χ2v) is 7.10. The molecule has 1 atom stereocenters. The molecular formula is C19H31N. The first-order chi connectivity index (χ1) is 9.47. The molecule has 1 aliphatic rings. The summed E-state index contributed by atoms with van der Waals surface area (Å²) in [6.07, 6.45) is 5.49. The Hall–Kier alpha value is -0.820. The van der Waals surface area contributed by atoms with Gasteiger partial charge in [0.05, 0.1) is 0 Å². The Morgan fingerprint density at radius 3 is 2.25 bits per heavy atom. The molecular weight excluding hydrogens is 242 g/mol. The fourth-order valence-electron chi connectivity index (χ4n) is 3.62. The first-order valence-corrected chi connectivity index (χ1v) is 8.30. The van der Waals surface area contributed by atoms with Crippen LogP contribution in [-0.4, -0.2) is 6.04 Å². The van der Waals surface area contributed by atoms with Crippen molar-refractivity contribution in [2.75, 3.05) is 0 Å². The van der Waals surface area contributed by atoms with Crippen LogP contribution in [0.4, 0.5) is 0 Å². The van der Waals surface area contributed by atoms with E-state index in [2.05, 4.69) is 58.1 Å².